The molecule has 188 valence electrons. The molecule has 4 aromatic rings. The summed E-state index contributed by atoms with van der Waals surface area (Å²) in [5, 5.41) is 3.14. The molecule has 0 atom stereocenters. The van der Waals surface area contributed by atoms with E-state index in [0.29, 0.717) is 5.39 Å². The number of alkyl halides is 6. The molecule has 0 fully saturated rings. The maximum Gasteiger partial charge on any atom is 0.454 e. The van der Waals surface area contributed by atoms with Crippen molar-refractivity contribution in [2.24, 2.45) is 4.66 Å². The molecule has 0 aliphatic rings. The Morgan fingerprint density at radius 1 is 0.611 bits per heavy atom. The second-order valence-corrected chi connectivity index (χ2v) is 13.6. The lowest BCUT2D eigenvalue weighted by Gasteiger charge is -2.17. The van der Waals surface area contributed by atoms with Crippen LogP contribution in [0.3, 0.4) is 0 Å². The summed E-state index contributed by atoms with van der Waals surface area (Å²) in [7, 11) is -2.21. The molecule has 4 aromatic carbocycles. The van der Waals surface area contributed by atoms with Crippen molar-refractivity contribution in [2.45, 2.75) is 32.0 Å². The first-order chi connectivity index (χ1) is 16.6. The fourth-order valence-corrected chi connectivity index (χ4v) is 4.38. The number of nitrogens with zero attached hydrogens (tertiary/aromatic N) is 1. The lowest BCUT2D eigenvalue weighted by Crippen LogP contribution is -2.30. The summed E-state index contributed by atoms with van der Waals surface area (Å²) >= 11 is 0. The molecule has 0 aromatic heterocycles. The smallest absolute Gasteiger partial charge is 0.317 e. The van der Waals surface area contributed by atoms with Crippen molar-refractivity contribution < 1.29 is 31.1 Å². The van der Waals surface area contributed by atoms with Crippen molar-refractivity contribution in [1.82, 2.24) is 0 Å². The summed E-state index contributed by atoms with van der Waals surface area (Å²) in [6.45, 7) is 5.37. The number of rotatable bonds is 3. The van der Waals surface area contributed by atoms with Gasteiger partial charge in [-0.1, -0.05) is 72.8 Å². The second-order valence-electron chi connectivity index (χ2n) is 9.08. The van der Waals surface area contributed by atoms with Gasteiger partial charge in [-0.3, -0.25) is 4.79 Å². The zero-order valence-electron chi connectivity index (χ0n) is 19.7. The summed E-state index contributed by atoms with van der Waals surface area (Å²) in [5.74, 6) is -1.81. The molecule has 0 spiro atoms. The molecule has 0 unspecified atom stereocenters. The van der Waals surface area contributed by atoms with Gasteiger partial charge in [-0.2, -0.15) is 26.3 Å². The molecule has 9 heteroatoms. The van der Waals surface area contributed by atoms with Crippen LogP contribution in [0.4, 0.5) is 26.3 Å². The minimum absolute atomic E-state index is 0.138. The quantitative estimate of drug-likeness (QED) is 0.115. The normalized spacial score (nSPS) is 12.9. The Morgan fingerprint density at radius 3 is 1.44 bits per heavy atom. The van der Waals surface area contributed by atoms with Crippen molar-refractivity contribution in [2.75, 3.05) is 0 Å². The van der Waals surface area contributed by atoms with Crippen LogP contribution in [0.5, 0.6) is 0 Å². The molecular formula is C27H23F6NOSi. The Kier molecular flexibility index (Phi) is 7.73. The fourth-order valence-electron chi connectivity index (χ4n) is 3.46. The van der Waals surface area contributed by atoms with Gasteiger partial charge >= 0.3 is 12.4 Å². The van der Waals surface area contributed by atoms with Gasteiger partial charge in [-0.15, -0.1) is 0 Å². The van der Waals surface area contributed by atoms with E-state index in [9.17, 15) is 31.1 Å². The van der Waals surface area contributed by atoms with Gasteiger partial charge in [0, 0.05) is 11.1 Å². The van der Waals surface area contributed by atoms with Gasteiger partial charge in [0.1, 0.15) is 5.71 Å². The van der Waals surface area contributed by atoms with Crippen LogP contribution in [0.2, 0.25) is 19.6 Å². The van der Waals surface area contributed by atoms with Crippen LogP contribution in [0, 0.1) is 0 Å². The average molecular weight is 520 g/mol. The van der Waals surface area contributed by atoms with Crippen LogP contribution < -0.4 is 0 Å². The summed E-state index contributed by atoms with van der Waals surface area (Å²) in [4.78, 5) is 11.0. The first kappa shape index (κ1) is 27.1. The van der Waals surface area contributed by atoms with Gasteiger partial charge in [0.05, 0.1) is 0 Å². The third-order valence-electron chi connectivity index (χ3n) is 5.01. The zero-order chi connectivity index (χ0) is 26.7. The minimum Gasteiger partial charge on any atom is -0.317 e. The van der Waals surface area contributed by atoms with Gasteiger partial charge in [-0.05, 0) is 53.3 Å². The van der Waals surface area contributed by atoms with Crippen LogP contribution in [-0.2, 0) is 0 Å². The fraction of sp³-hybridized carbons (Fsp3) is 0.185. The van der Waals surface area contributed by atoms with Crippen molar-refractivity contribution in [3.8, 4) is 0 Å². The van der Waals surface area contributed by atoms with E-state index in [4.69, 9.17) is 0 Å². The molecule has 4 rings (SSSR count). The van der Waals surface area contributed by atoms with Gasteiger partial charge in [0.25, 0.3) is 5.78 Å². The van der Waals surface area contributed by atoms with Crippen LogP contribution in [-0.4, -0.2) is 32.1 Å². The number of carbonyl (C=O) groups is 1. The minimum atomic E-state index is -4.82. The van der Waals surface area contributed by atoms with E-state index in [1.165, 1.54) is 24.3 Å². The Hall–Kier alpha value is -3.46. The van der Waals surface area contributed by atoms with Gasteiger partial charge < -0.3 is 4.66 Å². The monoisotopic (exact) mass is 519 g/mol. The molecule has 0 saturated carbocycles. The highest BCUT2D eigenvalue weighted by molar-refractivity contribution is 6.75. The van der Waals surface area contributed by atoms with Crippen LogP contribution >= 0.6 is 0 Å². The molecule has 36 heavy (non-hydrogen) atoms. The van der Waals surface area contributed by atoms with Crippen molar-refractivity contribution in [3.63, 3.8) is 0 Å². The first-order valence-corrected chi connectivity index (χ1v) is 14.4. The highest BCUT2D eigenvalue weighted by Gasteiger charge is 2.39. The standard InChI is InChI=1S/C15H16F3NSi.C12H7F3O/c1-20(2,3)19-14(15(16,17)18)13-9-8-11-6-4-5-7-12(11)10-13;13-12(14,15)11(16)10-6-5-8-3-1-2-4-9(8)7-10/h4-10H,1-3H3;1-7H. The Bertz CT molecular complexity index is 1420. The van der Waals surface area contributed by atoms with Crippen LogP contribution in [0.25, 0.3) is 21.5 Å². The van der Waals surface area contributed by atoms with E-state index in [1.807, 2.05) is 18.2 Å². The maximum atomic E-state index is 13.2. The van der Waals surface area contributed by atoms with E-state index in [1.54, 1.807) is 62.1 Å². The van der Waals surface area contributed by atoms with Gasteiger partial charge in [-0.25, -0.2) is 0 Å². The number of benzene rings is 4. The van der Waals surface area contributed by atoms with Gasteiger partial charge in [0.15, 0.2) is 8.24 Å². The van der Waals surface area contributed by atoms with Crippen LogP contribution in [0.15, 0.2) is 89.6 Å². The SMILES string of the molecule is C[Si](C)(C)N=C(c1ccc2ccccc2c1)C(F)(F)F.O=C(c1ccc2ccccc2c1)C(F)(F)F. The van der Waals surface area contributed by atoms with E-state index in [0.717, 1.165) is 16.2 Å². The highest BCUT2D eigenvalue weighted by atomic mass is 28.3. The summed E-state index contributed by atoms with van der Waals surface area (Å²) in [6, 6.07) is 23.0. The molecule has 0 radical (unpaired) electrons. The van der Waals surface area contributed by atoms with Crippen LogP contribution in [0.1, 0.15) is 15.9 Å². The number of halogens is 6. The van der Waals surface area contributed by atoms with Crippen molar-refractivity contribution >= 4 is 41.3 Å². The zero-order valence-corrected chi connectivity index (χ0v) is 20.7. The lowest BCUT2D eigenvalue weighted by atomic mass is 10.0. The largest absolute Gasteiger partial charge is 0.454 e. The number of ketones is 1. The number of carbonyl (C=O) groups excluding carboxylic acids is 1. The molecule has 0 heterocycles. The summed E-state index contributed by atoms with van der Waals surface area (Å²) in [5.41, 5.74) is -0.952. The summed E-state index contributed by atoms with van der Waals surface area (Å²) < 4.78 is 80.2. The number of hydrogen-bond acceptors (Lipinski definition) is 2. The topological polar surface area (TPSA) is 29.4 Å². The third-order valence-corrected chi connectivity index (χ3v) is 5.90. The lowest BCUT2D eigenvalue weighted by molar-refractivity contribution is -0.0885. The number of fused-ring (bicyclic) bond motifs is 2. The molecule has 0 aliphatic heterocycles. The second kappa shape index (κ2) is 10.3. The summed E-state index contributed by atoms with van der Waals surface area (Å²) in [6.07, 6.45) is -9.24. The molecular weight excluding hydrogens is 496 g/mol. The molecule has 0 N–H and O–H groups in total. The molecule has 0 aliphatic carbocycles. The average Bonchev–Trinajstić information content (AvgIpc) is 2.80. The molecule has 2 nitrogen and oxygen atoms in total. The van der Waals surface area contributed by atoms with E-state index in [2.05, 4.69) is 4.66 Å². The number of Topliss-reactive ketones (excluding diaryl/α,β-unsaturated/α-hetero) is 1. The Labute approximate surface area is 205 Å². The number of hydrogen-bond donors (Lipinski definition) is 0. The Balaban J connectivity index is 0.000000205. The van der Waals surface area contributed by atoms with E-state index >= 15 is 0 Å². The van der Waals surface area contributed by atoms with E-state index in [-0.39, 0.29) is 11.1 Å². The van der Waals surface area contributed by atoms with Gasteiger partial charge in [0.2, 0.25) is 0 Å². The molecule has 0 saturated heterocycles. The predicted molar refractivity (Wildman–Crippen MR) is 134 cm³/mol. The molecule has 0 bridgehead atoms. The third kappa shape index (κ3) is 7.04. The van der Waals surface area contributed by atoms with Crippen molar-refractivity contribution in [3.05, 3.63) is 96.1 Å². The molecule has 0 amide bonds. The first-order valence-electron chi connectivity index (χ1n) is 10.9. The van der Waals surface area contributed by atoms with Crippen molar-refractivity contribution in [1.29, 1.82) is 0 Å². The Morgan fingerprint density at radius 2 is 1.03 bits per heavy atom. The predicted octanol–water partition coefficient (Wildman–Crippen LogP) is 8.61. The highest BCUT2D eigenvalue weighted by Crippen LogP contribution is 2.27. The van der Waals surface area contributed by atoms with E-state index < -0.39 is 32.1 Å². The maximum absolute atomic E-state index is 13.2.